The van der Waals surface area contributed by atoms with E-state index in [0.717, 1.165) is 24.2 Å². The number of carbonyl (C=O) groups is 1. The van der Waals surface area contributed by atoms with Crippen LogP contribution in [0.2, 0.25) is 10.0 Å². The summed E-state index contributed by atoms with van der Waals surface area (Å²) in [6.45, 7) is 10.6. The van der Waals surface area contributed by atoms with E-state index in [0.29, 0.717) is 88.5 Å². The zero-order chi connectivity index (χ0) is 46.3. The third-order valence-corrected chi connectivity index (χ3v) is 12.2. The maximum absolute atomic E-state index is 15.0. The summed E-state index contributed by atoms with van der Waals surface area (Å²) in [5.74, 6) is 1.72. The van der Waals surface area contributed by atoms with Gasteiger partial charge in [0.25, 0.3) is 0 Å². The average molecular weight is 942 g/mol. The van der Waals surface area contributed by atoms with Crippen LogP contribution in [-0.4, -0.2) is 100 Å². The van der Waals surface area contributed by atoms with Crippen LogP contribution in [0.15, 0.2) is 79.9 Å². The van der Waals surface area contributed by atoms with E-state index in [9.17, 15) is 9.18 Å². The second-order valence-corrected chi connectivity index (χ2v) is 16.6. The minimum Gasteiger partial charge on any atom is -0.493 e. The molecule has 5 heterocycles. The maximum atomic E-state index is 15.0. The molecule has 3 aromatic heterocycles. The van der Waals surface area contributed by atoms with Crippen LogP contribution < -0.4 is 29.0 Å². The normalized spacial score (nSPS) is 14.3. The first-order chi connectivity index (χ1) is 32.0. The number of aromatic amines is 1. The number of benzene rings is 4. The van der Waals surface area contributed by atoms with E-state index in [1.165, 1.54) is 56.8 Å². The topological polar surface area (TPSA) is 149 Å². The maximum Gasteiger partial charge on any atom is 0.245 e. The van der Waals surface area contributed by atoms with Crippen LogP contribution in [-0.2, 0) is 4.79 Å². The molecule has 7 aromatic rings. The van der Waals surface area contributed by atoms with Crippen LogP contribution in [0.4, 0.5) is 20.3 Å². The molecule has 2 aliphatic rings. The second kappa shape index (κ2) is 20.8. The Morgan fingerprint density at radius 2 is 1.53 bits per heavy atom. The number of nitrogens with zero attached hydrogens (tertiary/aromatic N) is 6. The van der Waals surface area contributed by atoms with E-state index in [1.807, 2.05) is 13.0 Å². The quantitative estimate of drug-likeness (QED) is 0.0607. The lowest BCUT2D eigenvalue weighted by atomic mass is 10.1. The first-order valence-electron chi connectivity index (χ1n) is 21.5. The van der Waals surface area contributed by atoms with Gasteiger partial charge >= 0.3 is 0 Å². The highest BCUT2D eigenvalue weighted by Gasteiger charge is 2.25. The molecule has 0 spiro atoms. The molecule has 9 rings (SSSR count). The summed E-state index contributed by atoms with van der Waals surface area (Å²) < 4.78 is 58.8. The number of anilines is 2. The number of amides is 1. The third kappa shape index (κ3) is 10.3. The van der Waals surface area contributed by atoms with Crippen LogP contribution in [0, 0.1) is 18.6 Å². The van der Waals surface area contributed by atoms with E-state index in [-0.39, 0.29) is 39.4 Å². The first-order valence-corrected chi connectivity index (χ1v) is 22.2. The summed E-state index contributed by atoms with van der Waals surface area (Å²) >= 11 is 11.8. The molecular formula is C48H48Cl2F2N8O6. The van der Waals surface area contributed by atoms with Gasteiger partial charge in [0.15, 0.2) is 40.4 Å². The summed E-state index contributed by atoms with van der Waals surface area (Å²) in [5.41, 5.74) is 2.95. The van der Waals surface area contributed by atoms with Gasteiger partial charge in [0.05, 0.1) is 53.0 Å². The molecule has 0 atom stereocenters. The molecule has 4 aromatic carbocycles. The number of H-pyrrole nitrogens is 1. The smallest absolute Gasteiger partial charge is 0.245 e. The zero-order valence-corrected chi connectivity index (χ0v) is 38.1. The van der Waals surface area contributed by atoms with Gasteiger partial charge in [-0.05, 0) is 87.8 Å². The Morgan fingerprint density at radius 1 is 0.833 bits per heavy atom. The fourth-order valence-corrected chi connectivity index (χ4v) is 8.32. The summed E-state index contributed by atoms with van der Waals surface area (Å²) in [4.78, 5) is 36.3. The molecule has 66 heavy (non-hydrogen) atoms. The Hall–Kier alpha value is -6.49. The molecule has 0 saturated carbocycles. The molecule has 2 N–H and O–H groups in total. The van der Waals surface area contributed by atoms with Gasteiger partial charge in [-0.1, -0.05) is 29.8 Å². The molecule has 344 valence electrons. The molecule has 0 aliphatic carbocycles. The number of piperidine rings is 1. The number of rotatable bonds is 14. The van der Waals surface area contributed by atoms with Crippen molar-refractivity contribution in [2.45, 2.75) is 45.1 Å². The van der Waals surface area contributed by atoms with E-state index in [2.05, 4.69) is 41.7 Å². The van der Waals surface area contributed by atoms with Crippen molar-refractivity contribution in [3.05, 3.63) is 107 Å². The van der Waals surface area contributed by atoms with Gasteiger partial charge in [0.1, 0.15) is 24.6 Å². The number of hydrogen-bond donors (Lipinski definition) is 2. The highest BCUT2D eigenvalue weighted by atomic mass is 35.5. The fraction of sp³-hybridized carbons (Fsp3) is 0.312. The van der Waals surface area contributed by atoms with Crippen molar-refractivity contribution in [1.29, 1.82) is 0 Å². The van der Waals surface area contributed by atoms with E-state index in [1.54, 1.807) is 55.5 Å². The van der Waals surface area contributed by atoms with Crippen LogP contribution in [0.3, 0.4) is 0 Å². The summed E-state index contributed by atoms with van der Waals surface area (Å²) in [7, 11) is 3.13. The van der Waals surface area contributed by atoms with Gasteiger partial charge < -0.3 is 43.8 Å². The molecule has 14 nitrogen and oxygen atoms in total. The van der Waals surface area contributed by atoms with E-state index in [4.69, 9.17) is 46.9 Å². The third-order valence-electron chi connectivity index (χ3n) is 11.4. The Bertz CT molecular complexity index is 2890. The predicted octanol–water partition coefficient (Wildman–Crippen LogP) is 10.6. The number of halogens is 4. The molecule has 1 amide bonds. The van der Waals surface area contributed by atoms with Crippen LogP contribution in [0.25, 0.3) is 32.7 Å². The van der Waals surface area contributed by atoms with Crippen molar-refractivity contribution in [2.24, 2.45) is 0 Å². The van der Waals surface area contributed by atoms with Gasteiger partial charge in [0.2, 0.25) is 11.8 Å². The molecular weight excluding hydrogens is 893 g/mol. The van der Waals surface area contributed by atoms with E-state index < -0.39 is 11.6 Å². The SMILES string of the molecule is C=CC(=O)N1CCC(Oc2cc3c(Nc4ccc(Cl)c(Cl)c4F)ncnc3cc2OC)CC1.COc1cc2c(Oc3ccc4[nH]c(C)cc4c3F)ncnc2cc1OCCCN1CCCC1. The van der Waals surface area contributed by atoms with Gasteiger partial charge in [-0.2, -0.15) is 0 Å². The molecule has 18 heteroatoms. The lowest BCUT2D eigenvalue weighted by molar-refractivity contribution is -0.127. The number of fused-ring (bicyclic) bond motifs is 3. The monoisotopic (exact) mass is 940 g/mol. The van der Waals surface area contributed by atoms with Crippen molar-refractivity contribution in [1.82, 2.24) is 34.7 Å². The Labute approximate surface area is 389 Å². The highest BCUT2D eigenvalue weighted by molar-refractivity contribution is 6.42. The molecule has 0 radical (unpaired) electrons. The standard InChI is InChI=1S/C25H27FN4O3.C23H21Cl2FN4O3/c1-16-12-17-19(29-16)6-7-21(24(17)26)33-25-18-13-22(31-2)23(14-20(18)27-15-28-25)32-11-5-10-30-8-3-4-9-30;1-3-20(31)30-8-6-13(7-9-30)33-19-10-14-17(11-18(19)32-2)27-12-28-23(14)29-16-5-4-15(24)21(25)22(16)26/h6-7,12-15,29H,3-5,8-11H2,1-2H3;3-5,10-13H,1,6-9H2,2H3,(H,27,28,29). The second-order valence-electron chi connectivity index (χ2n) is 15.8. The Morgan fingerprint density at radius 3 is 2.27 bits per heavy atom. The highest BCUT2D eigenvalue weighted by Crippen LogP contribution is 2.39. The average Bonchev–Trinajstić information content (AvgIpc) is 4.01. The molecule has 2 fully saturated rings. The predicted molar refractivity (Wildman–Crippen MR) is 251 cm³/mol. The van der Waals surface area contributed by atoms with Crippen LogP contribution in [0.5, 0.6) is 34.6 Å². The first kappa shape index (κ1) is 46.1. The number of nitrogens with one attached hydrogen (secondary N) is 2. The molecule has 0 bridgehead atoms. The zero-order valence-electron chi connectivity index (χ0n) is 36.6. The van der Waals surface area contributed by atoms with Crippen molar-refractivity contribution in [2.75, 3.05) is 58.9 Å². The van der Waals surface area contributed by atoms with Crippen molar-refractivity contribution < 1.29 is 37.3 Å². The minimum absolute atomic E-state index is 0.0841. The molecule has 0 unspecified atom stereocenters. The van der Waals surface area contributed by atoms with Gasteiger partial charge in [-0.15, -0.1) is 0 Å². The number of likely N-dealkylation sites (tertiary alicyclic amines) is 2. The van der Waals surface area contributed by atoms with Gasteiger partial charge in [0, 0.05) is 66.6 Å². The molecule has 2 aliphatic heterocycles. The summed E-state index contributed by atoms with van der Waals surface area (Å²) in [6.07, 6.45) is 8.84. The number of hydrogen-bond acceptors (Lipinski definition) is 12. The van der Waals surface area contributed by atoms with Crippen molar-refractivity contribution in [3.63, 3.8) is 0 Å². The van der Waals surface area contributed by atoms with Crippen molar-refractivity contribution in [3.8, 4) is 34.6 Å². The number of methoxy groups -OCH3 is 2. The summed E-state index contributed by atoms with van der Waals surface area (Å²) in [6, 6.07) is 15.2. The fourth-order valence-electron chi connectivity index (χ4n) is 8.01. The Balaban J connectivity index is 0.000000179. The molecule has 2 saturated heterocycles. The number of aryl methyl sites for hydroxylation is 1. The summed E-state index contributed by atoms with van der Waals surface area (Å²) in [5, 5.41) is 4.60. The minimum atomic E-state index is -0.679. The van der Waals surface area contributed by atoms with Crippen LogP contribution in [0.1, 0.15) is 37.8 Å². The van der Waals surface area contributed by atoms with Crippen molar-refractivity contribution >= 4 is 73.3 Å². The lowest BCUT2D eigenvalue weighted by Gasteiger charge is -2.31. The Kier molecular flexibility index (Phi) is 14.5. The van der Waals surface area contributed by atoms with E-state index >= 15 is 4.39 Å². The number of aromatic nitrogens is 5. The lowest BCUT2D eigenvalue weighted by Crippen LogP contribution is -2.41. The number of carbonyl (C=O) groups excluding carboxylic acids is 1. The van der Waals surface area contributed by atoms with Gasteiger partial charge in [-0.3, -0.25) is 4.79 Å². The van der Waals surface area contributed by atoms with Crippen LogP contribution >= 0.6 is 23.2 Å². The largest absolute Gasteiger partial charge is 0.493 e. The number of ether oxygens (including phenoxy) is 5. The van der Waals surface area contributed by atoms with Gasteiger partial charge in [-0.25, -0.2) is 28.7 Å².